The molecule has 0 N–H and O–H groups in total. The van der Waals surface area contributed by atoms with Crippen molar-refractivity contribution in [1.29, 1.82) is 0 Å². The quantitative estimate of drug-likeness (QED) is 0.814. The maximum Gasteiger partial charge on any atom is 0.228 e. The molecule has 2 fully saturated rings. The van der Waals surface area contributed by atoms with Crippen molar-refractivity contribution in [3.8, 4) is 5.75 Å². The molecule has 2 aliphatic rings. The lowest BCUT2D eigenvalue weighted by Gasteiger charge is -2.35. The highest BCUT2D eigenvalue weighted by molar-refractivity contribution is 6.30. The zero-order chi connectivity index (χ0) is 16.9. The Morgan fingerprint density at radius 2 is 2.12 bits per heavy atom. The van der Waals surface area contributed by atoms with E-state index in [0.717, 1.165) is 62.1 Å². The first-order chi connectivity index (χ1) is 11.6. The van der Waals surface area contributed by atoms with E-state index in [9.17, 15) is 4.79 Å². The molecule has 6 heteroatoms. The first-order valence-electron chi connectivity index (χ1n) is 8.61. The molecule has 1 amide bonds. The highest BCUT2D eigenvalue weighted by Crippen LogP contribution is 2.22. The van der Waals surface area contributed by atoms with Crippen LogP contribution in [0.3, 0.4) is 0 Å². The van der Waals surface area contributed by atoms with E-state index >= 15 is 0 Å². The van der Waals surface area contributed by atoms with Gasteiger partial charge in [-0.05, 0) is 37.1 Å². The Balaban J connectivity index is 1.38. The number of carbonyl (C=O) groups excluding carboxylic acids is 1. The molecule has 5 nitrogen and oxygen atoms in total. The van der Waals surface area contributed by atoms with Gasteiger partial charge in [0, 0.05) is 44.4 Å². The Morgan fingerprint density at radius 3 is 2.79 bits per heavy atom. The van der Waals surface area contributed by atoms with E-state index in [0.29, 0.717) is 13.2 Å². The van der Waals surface area contributed by atoms with Crippen LogP contribution in [0.15, 0.2) is 18.2 Å². The van der Waals surface area contributed by atoms with Crippen molar-refractivity contribution in [3.05, 3.63) is 28.8 Å². The normalized spacial score (nSPS) is 21.9. The van der Waals surface area contributed by atoms with Crippen molar-refractivity contribution < 1.29 is 14.3 Å². The highest BCUT2D eigenvalue weighted by Gasteiger charge is 2.29. The molecule has 0 aromatic heterocycles. The molecule has 0 saturated carbocycles. The summed E-state index contributed by atoms with van der Waals surface area (Å²) in [5.74, 6) is 1.22. The van der Waals surface area contributed by atoms with Crippen LogP contribution in [0, 0.1) is 12.8 Å². The van der Waals surface area contributed by atoms with Gasteiger partial charge < -0.3 is 14.4 Å². The van der Waals surface area contributed by atoms with Crippen molar-refractivity contribution in [3.63, 3.8) is 0 Å². The summed E-state index contributed by atoms with van der Waals surface area (Å²) in [4.78, 5) is 16.7. The minimum atomic E-state index is 0.0766. The van der Waals surface area contributed by atoms with Gasteiger partial charge in [0.15, 0.2) is 0 Å². The SMILES string of the molecule is Cc1cc(Cl)ccc1OCCN1CCN(C(=O)[C@H]2CCOC2)CC1. The van der Waals surface area contributed by atoms with Gasteiger partial charge in [-0.2, -0.15) is 0 Å². The summed E-state index contributed by atoms with van der Waals surface area (Å²) in [6.07, 6.45) is 0.868. The van der Waals surface area contributed by atoms with Gasteiger partial charge in [0.2, 0.25) is 5.91 Å². The monoisotopic (exact) mass is 352 g/mol. The van der Waals surface area contributed by atoms with Gasteiger partial charge in [-0.3, -0.25) is 9.69 Å². The molecule has 0 aliphatic carbocycles. The van der Waals surface area contributed by atoms with Gasteiger partial charge in [-0.1, -0.05) is 11.6 Å². The van der Waals surface area contributed by atoms with Crippen LogP contribution in [0.1, 0.15) is 12.0 Å². The van der Waals surface area contributed by atoms with Crippen LogP contribution < -0.4 is 4.74 Å². The number of rotatable bonds is 5. The molecule has 1 aromatic rings. The average molecular weight is 353 g/mol. The number of carbonyl (C=O) groups is 1. The zero-order valence-corrected chi connectivity index (χ0v) is 14.9. The smallest absolute Gasteiger partial charge is 0.228 e. The minimum Gasteiger partial charge on any atom is -0.492 e. The number of ether oxygens (including phenoxy) is 2. The number of hydrogen-bond donors (Lipinski definition) is 0. The van der Waals surface area contributed by atoms with Crippen LogP contribution in [0.4, 0.5) is 0 Å². The zero-order valence-electron chi connectivity index (χ0n) is 14.2. The van der Waals surface area contributed by atoms with E-state index in [4.69, 9.17) is 21.1 Å². The van der Waals surface area contributed by atoms with Crippen LogP contribution in [-0.4, -0.2) is 68.3 Å². The van der Waals surface area contributed by atoms with E-state index in [1.807, 2.05) is 30.0 Å². The standard InChI is InChI=1S/C18H25ClN2O3/c1-14-12-16(19)2-3-17(14)24-11-9-20-5-7-21(8-6-20)18(22)15-4-10-23-13-15/h2-3,12,15H,4-11,13H2,1H3/t15-/m0/s1. The summed E-state index contributed by atoms with van der Waals surface area (Å²) >= 11 is 5.96. The van der Waals surface area contributed by atoms with Crippen molar-refractivity contribution in [2.75, 3.05) is 52.5 Å². The number of aryl methyl sites for hydroxylation is 1. The van der Waals surface area contributed by atoms with E-state index in [1.54, 1.807) is 0 Å². The van der Waals surface area contributed by atoms with E-state index < -0.39 is 0 Å². The number of halogens is 1. The average Bonchev–Trinajstić information content (AvgIpc) is 3.11. The third kappa shape index (κ3) is 4.41. The largest absolute Gasteiger partial charge is 0.492 e. The maximum absolute atomic E-state index is 12.4. The molecule has 2 heterocycles. The predicted molar refractivity (Wildman–Crippen MR) is 93.6 cm³/mol. The van der Waals surface area contributed by atoms with Crippen LogP contribution in [-0.2, 0) is 9.53 Å². The Kier molecular flexibility index (Phi) is 5.98. The molecule has 3 rings (SSSR count). The van der Waals surface area contributed by atoms with Crippen LogP contribution >= 0.6 is 11.6 Å². The number of nitrogens with zero attached hydrogens (tertiary/aromatic N) is 2. The molecule has 2 saturated heterocycles. The van der Waals surface area contributed by atoms with Gasteiger partial charge in [0.1, 0.15) is 12.4 Å². The Labute approximate surface area is 148 Å². The number of amides is 1. The number of hydrogen-bond acceptors (Lipinski definition) is 4. The van der Waals surface area contributed by atoms with Gasteiger partial charge in [-0.15, -0.1) is 0 Å². The lowest BCUT2D eigenvalue weighted by molar-refractivity contribution is -0.137. The molecule has 1 atom stereocenters. The van der Waals surface area contributed by atoms with Gasteiger partial charge in [-0.25, -0.2) is 0 Å². The lowest BCUT2D eigenvalue weighted by atomic mass is 10.1. The predicted octanol–water partition coefficient (Wildman–Crippen LogP) is 2.21. The first-order valence-corrected chi connectivity index (χ1v) is 8.99. The summed E-state index contributed by atoms with van der Waals surface area (Å²) in [5, 5.41) is 0.730. The van der Waals surface area contributed by atoms with E-state index in [-0.39, 0.29) is 11.8 Å². The molecule has 2 aliphatic heterocycles. The van der Waals surface area contributed by atoms with Crippen LogP contribution in [0.5, 0.6) is 5.75 Å². The molecule has 132 valence electrons. The first kappa shape index (κ1) is 17.5. The second-order valence-electron chi connectivity index (χ2n) is 6.49. The van der Waals surface area contributed by atoms with Gasteiger partial charge in [0.05, 0.1) is 12.5 Å². The fourth-order valence-electron chi connectivity index (χ4n) is 3.24. The second-order valence-corrected chi connectivity index (χ2v) is 6.92. The second kappa shape index (κ2) is 8.19. The van der Waals surface area contributed by atoms with Gasteiger partial charge >= 0.3 is 0 Å². The molecular weight excluding hydrogens is 328 g/mol. The molecule has 1 aromatic carbocycles. The highest BCUT2D eigenvalue weighted by atomic mass is 35.5. The molecule has 24 heavy (non-hydrogen) atoms. The van der Waals surface area contributed by atoms with Crippen molar-refractivity contribution >= 4 is 17.5 Å². The maximum atomic E-state index is 12.4. The number of benzene rings is 1. The minimum absolute atomic E-state index is 0.0766. The van der Waals surface area contributed by atoms with Crippen LogP contribution in [0.25, 0.3) is 0 Å². The lowest BCUT2D eigenvalue weighted by Crippen LogP contribution is -2.51. The summed E-state index contributed by atoms with van der Waals surface area (Å²) in [6.45, 7) is 8.24. The fraction of sp³-hybridized carbons (Fsp3) is 0.611. The van der Waals surface area contributed by atoms with Gasteiger partial charge in [0.25, 0.3) is 0 Å². The van der Waals surface area contributed by atoms with E-state index in [1.165, 1.54) is 0 Å². The molecule has 0 radical (unpaired) electrons. The molecule has 0 spiro atoms. The topological polar surface area (TPSA) is 42.0 Å². The Hall–Kier alpha value is -1.30. The molecular formula is C18H25ClN2O3. The Morgan fingerprint density at radius 1 is 1.33 bits per heavy atom. The van der Waals surface area contributed by atoms with Crippen molar-refractivity contribution in [2.45, 2.75) is 13.3 Å². The third-order valence-corrected chi connectivity index (χ3v) is 5.00. The van der Waals surface area contributed by atoms with Crippen molar-refractivity contribution in [1.82, 2.24) is 9.80 Å². The number of piperazine rings is 1. The molecule has 0 unspecified atom stereocenters. The third-order valence-electron chi connectivity index (χ3n) is 4.76. The molecule has 0 bridgehead atoms. The summed E-state index contributed by atoms with van der Waals surface area (Å²) in [7, 11) is 0. The Bertz CT molecular complexity index is 567. The van der Waals surface area contributed by atoms with E-state index in [2.05, 4.69) is 4.90 Å². The van der Waals surface area contributed by atoms with Crippen LogP contribution in [0.2, 0.25) is 5.02 Å². The summed E-state index contributed by atoms with van der Waals surface area (Å²) in [6, 6.07) is 5.67. The summed E-state index contributed by atoms with van der Waals surface area (Å²) in [5.41, 5.74) is 1.05. The van der Waals surface area contributed by atoms with Crippen molar-refractivity contribution in [2.24, 2.45) is 5.92 Å². The fourth-order valence-corrected chi connectivity index (χ4v) is 3.47. The summed E-state index contributed by atoms with van der Waals surface area (Å²) < 4.78 is 11.2.